The monoisotopic (exact) mass is 546 g/mol. The number of aryl methyl sites for hydroxylation is 3. The lowest BCUT2D eigenvalue weighted by Gasteiger charge is -2.42. The lowest BCUT2D eigenvalue weighted by atomic mass is 9.64. The van der Waals surface area contributed by atoms with Gasteiger partial charge in [-0.1, -0.05) is 61.9 Å². The number of hydrogen-bond donors (Lipinski definition) is 0. The predicted octanol–water partition coefficient (Wildman–Crippen LogP) is 9.48. The number of ether oxygens (including phenoxy) is 2. The second kappa shape index (κ2) is 13.7. The summed E-state index contributed by atoms with van der Waals surface area (Å²) in [6.45, 7) is 4.71. The Morgan fingerprint density at radius 2 is 1.18 bits per heavy atom. The van der Waals surface area contributed by atoms with Crippen LogP contribution in [0.5, 0.6) is 11.5 Å². The molecule has 5 rings (SSSR count). The summed E-state index contributed by atoms with van der Waals surface area (Å²) in [4.78, 5) is 0. The SMILES string of the molecule is CCCc1ccc(CCc2ccc(C3CCC4CC(COc5ccc(OCC)c(F)c5F)CCC4C3)cc2)cc1. The molecule has 40 heavy (non-hydrogen) atoms. The van der Waals surface area contributed by atoms with Crippen molar-refractivity contribution >= 4 is 0 Å². The van der Waals surface area contributed by atoms with Gasteiger partial charge >= 0.3 is 0 Å². The van der Waals surface area contributed by atoms with Gasteiger partial charge in [-0.25, -0.2) is 0 Å². The van der Waals surface area contributed by atoms with Gasteiger partial charge in [-0.2, -0.15) is 8.78 Å². The number of fused-ring (bicyclic) bond motifs is 1. The molecule has 4 unspecified atom stereocenters. The van der Waals surface area contributed by atoms with Gasteiger partial charge in [-0.15, -0.1) is 0 Å². The molecule has 0 heterocycles. The maximum atomic E-state index is 14.4. The van der Waals surface area contributed by atoms with Gasteiger partial charge in [0.2, 0.25) is 11.6 Å². The van der Waals surface area contributed by atoms with Crippen LogP contribution in [0.2, 0.25) is 0 Å². The Bertz CT molecular complexity index is 1220. The van der Waals surface area contributed by atoms with Crippen LogP contribution in [0.25, 0.3) is 0 Å². The minimum Gasteiger partial charge on any atom is -0.491 e. The van der Waals surface area contributed by atoms with Crippen LogP contribution in [0.3, 0.4) is 0 Å². The van der Waals surface area contributed by atoms with Gasteiger partial charge in [0.15, 0.2) is 11.5 Å². The van der Waals surface area contributed by atoms with Crippen molar-refractivity contribution in [1.82, 2.24) is 0 Å². The molecule has 2 saturated carbocycles. The highest BCUT2D eigenvalue weighted by Gasteiger charge is 2.36. The first kappa shape index (κ1) is 28.6. The molecule has 2 nitrogen and oxygen atoms in total. The van der Waals surface area contributed by atoms with Crippen LogP contribution >= 0.6 is 0 Å². The molecule has 3 aromatic carbocycles. The molecule has 0 N–H and O–H groups in total. The Labute approximate surface area is 239 Å². The summed E-state index contributed by atoms with van der Waals surface area (Å²) >= 11 is 0. The summed E-state index contributed by atoms with van der Waals surface area (Å²) in [5, 5.41) is 0. The normalized spacial score (nSPS) is 22.5. The molecule has 0 bridgehead atoms. The van der Waals surface area contributed by atoms with E-state index >= 15 is 0 Å². The second-order valence-corrected chi connectivity index (χ2v) is 12.0. The number of rotatable bonds is 11. The van der Waals surface area contributed by atoms with Crippen LogP contribution in [0.4, 0.5) is 8.78 Å². The van der Waals surface area contributed by atoms with Crippen LogP contribution < -0.4 is 9.47 Å². The highest BCUT2D eigenvalue weighted by Crippen LogP contribution is 2.47. The minimum atomic E-state index is -0.966. The van der Waals surface area contributed by atoms with E-state index in [9.17, 15) is 8.78 Å². The average Bonchev–Trinajstić information content (AvgIpc) is 2.99. The fourth-order valence-corrected chi connectivity index (χ4v) is 6.95. The minimum absolute atomic E-state index is 0.0138. The summed E-state index contributed by atoms with van der Waals surface area (Å²) in [5.74, 6) is 0.517. The molecule has 0 aromatic heterocycles. The zero-order chi connectivity index (χ0) is 27.9. The molecule has 2 fully saturated rings. The van der Waals surface area contributed by atoms with E-state index in [0.29, 0.717) is 31.0 Å². The summed E-state index contributed by atoms with van der Waals surface area (Å²) in [6.07, 6.45) is 11.7. The maximum Gasteiger partial charge on any atom is 0.204 e. The molecule has 0 saturated heterocycles. The average molecular weight is 547 g/mol. The lowest BCUT2D eigenvalue weighted by Crippen LogP contribution is -2.32. The van der Waals surface area contributed by atoms with Crippen molar-refractivity contribution in [3.63, 3.8) is 0 Å². The van der Waals surface area contributed by atoms with Crippen molar-refractivity contribution < 1.29 is 18.3 Å². The smallest absolute Gasteiger partial charge is 0.204 e. The maximum absolute atomic E-state index is 14.4. The van der Waals surface area contributed by atoms with Crippen molar-refractivity contribution in [2.45, 2.75) is 84.0 Å². The first-order valence-corrected chi connectivity index (χ1v) is 15.4. The molecule has 4 heteroatoms. The van der Waals surface area contributed by atoms with E-state index in [1.54, 1.807) is 6.92 Å². The van der Waals surface area contributed by atoms with E-state index in [4.69, 9.17) is 9.47 Å². The molecule has 2 aliphatic carbocycles. The third kappa shape index (κ3) is 7.06. The quantitative estimate of drug-likeness (QED) is 0.238. The molecule has 214 valence electrons. The second-order valence-electron chi connectivity index (χ2n) is 12.0. The van der Waals surface area contributed by atoms with Crippen molar-refractivity contribution in [2.75, 3.05) is 13.2 Å². The van der Waals surface area contributed by atoms with Gasteiger partial charge in [-0.05, 0) is 123 Å². The summed E-state index contributed by atoms with van der Waals surface area (Å²) < 4.78 is 39.5. The van der Waals surface area contributed by atoms with Crippen LogP contribution in [0, 0.1) is 29.4 Å². The van der Waals surface area contributed by atoms with Gasteiger partial charge in [0.1, 0.15) is 0 Å². The van der Waals surface area contributed by atoms with Gasteiger partial charge in [0, 0.05) is 0 Å². The molecular weight excluding hydrogens is 502 g/mol. The van der Waals surface area contributed by atoms with E-state index in [0.717, 1.165) is 38.0 Å². The van der Waals surface area contributed by atoms with E-state index in [1.165, 1.54) is 66.5 Å². The highest BCUT2D eigenvalue weighted by atomic mass is 19.2. The molecule has 0 amide bonds. The highest BCUT2D eigenvalue weighted by molar-refractivity contribution is 5.35. The number of halogens is 2. The van der Waals surface area contributed by atoms with Gasteiger partial charge in [0.25, 0.3) is 0 Å². The molecule has 0 aliphatic heterocycles. The van der Waals surface area contributed by atoms with Crippen molar-refractivity contribution in [1.29, 1.82) is 0 Å². The van der Waals surface area contributed by atoms with E-state index in [-0.39, 0.29) is 11.5 Å². The van der Waals surface area contributed by atoms with Crippen LogP contribution in [0.1, 0.15) is 87.0 Å². The molecule has 0 radical (unpaired) electrons. The Morgan fingerprint density at radius 3 is 1.80 bits per heavy atom. The van der Waals surface area contributed by atoms with Crippen LogP contribution in [-0.4, -0.2) is 13.2 Å². The van der Waals surface area contributed by atoms with E-state index in [1.807, 2.05) is 0 Å². The fourth-order valence-electron chi connectivity index (χ4n) is 6.95. The Hall–Kier alpha value is -2.88. The summed E-state index contributed by atoms with van der Waals surface area (Å²) in [6, 6.07) is 21.5. The molecule has 4 atom stereocenters. The number of benzene rings is 3. The third-order valence-corrected chi connectivity index (χ3v) is 9.22. The molecule has 0 spiro atoms. The zero-order valence-corrected chi connectivity index (χ0v) is 24.1. The van der Waals surface area contributed by atoms with Gasteiger partial charge in [-0.3, -0.25) is 0 Å². The molecule has 3 aromatic rings. The first-order valence-electron chi connectivity index (χ1n) is 15.4. The van der Waals surface area contributed by atoms with Crippen LogP contribution in [0.15, 0.2) is 60.7 Å². The topological polar surface area (TPSA) is 18.5 Å². The Morgan fingerprint density at radius 1 is 0.625 bits per heavy atom. The van der Waals surface area contributed by atoms with E-state index in [2.05, 4.69) is 55.5 Å². The Balaban J connectivity index is 1.08. The summed E-state index contributed by atoms with van der Waals surface area (Å²) in [7, 11) is 0. The third-order valence-electron chi connectivity index (χ3n) is 9.22. The standard InChI is InChI=1S/C36H44F2O2/c1-3-5-25-6-8-26(9-7-25)10-11-27-12-15-29(16-13-27)31-19-18-30-22-28(14-17-32(30)23-31)24-40-34-21-20-33(39-4-2)35(37)36(34)38/h6-9,12-13,15-16,20-21,28,30-32H,3-5,10-11,14,17-19,22-24H2,1-2H3. The zero-order valence-electron chi connectivity index (χ0n) is 24.1. The van der Waals surface area contributed by atoms with Crippen molar-refractivity contribution in [3.05, 3.63) is 94.6 Å². The first-order chi connectivity index (χ1) is 19.5. The van der Waals surface area contributed by atoms with Gasteiger partial charge in [0.05, 0.1) is 13.2 Å². The van der Waals surface area contributed by atoms with Crippen molar-refractivity contribution in [2.24, 2.45) is 17.8 Å². The molecule has 2 aliphatic rings. The Kier molecular flexibility index (Phi) is 9.78. The van der Waals surface area contributed by atoms with Gasteiger partial charge < -0.3 is 9.47 Å². The largest absolute Gasteiger partial charge is 0.491 e. The predicted molar refractivity (Wildman–Crippen MR) is 158 cm³/mol. The molecular formula is C36H44F2O2. The lowest BCUT2D eigenvalue weighted by molar-refractivity contribution is 0.0901. The van der Waals surface area contributed by atoms with Crippen LogP contribution in [-0.2, 0) is 19.3 Å². The fraction of sp³-hybridized carbons (Fsp3) is 0.500. The number of hydrogen-bond acceptors (Lipinski definition) is 2. The van der Waals surface area contributed by atoms with E-state index < -0.39 is 11.6 Å². The summed E-state index contributed by atoms with van der Waals surface area (Å²) in [5.41, 5.74) is 5.76. The van der Waals surface area contributed by atoms with Crippen molar-refractivity contribution in [3.8, 4) is 11.5 Å².